The molecule has 0 spiro atoms. The Morgan fingerprint density at radius 2 is 1.36 bits per heavy atom. The molecule has 4 nitrogen and oxygen atoms in total. The fourth-order valence-corrected chi connectivity index (χ4v) is 3.08. The Morgan fingerprint density at radius 3 is 1.92 bits per heavy atom. The Kier molecular flexibility index (Phi) is 5.46. The molecule has 0 heterocycles. The van der Waals surface area contributed by atoms with Crippen molar-refractivity contribution in [2.75, 3.05) is 5.32 Å². The third kappa shape index (κ3) is 4.25. The first-order chi connectivity index (χ1) is 12.1. The Bertz CT molecular complexity index is 823. The van der Waals surface area contributed by atoms with Crippen LogP contribution in [0.3, 0.4) is 0 Å². The van der Waals surface area contributed by atoms with Gasteiger partial charge in [-0.15, -0.1) is 0 Å². The van der Waals surface area contributed by atoms with E-state index in [0.717, 1.165) is 15.7 Å². The van der Waals surface area contributed by atoms with E-state index in [2.05, 4.69) is 21.2 Å². The Morgan fingerprint density at radius 1 is 0.800 bits per heavy atom. The van der Waals surface area contributed by atoms with E-state index in [1.54, 1.807) is 12.1 Å². The summed E-state index contributed by atoms with van der Waals surface area (Å²) in [6.45, 7) is 0. The third-order valence-corrected chi connectivity index (χ3v) is 4.54. The number of nitro groups is 1. The summed E-state index contributed by atoms with van der Waals surface area (Å²) in [7, 11) is 0. The summed E-state index contributed by atoms with van der Waals surface area (Å²) in [6, 6.07) is 24.9. The number of nitrogens with one attached hydrogen (secondary N) is 1. The molecule has 3 aromatic rings. The fraction of sp³-hybridized carbons (Fsp3) is 0.100. The Labute approximate surface area is 154 Å². The molecule has 0 aromatic heterocycles. The second kappa shape index (κ2) is 7.94. The molecule has 0 amide bonds. The summed E-state index contributed by atoms with van der Waals surface area (Å²) in [4.78, 5) is 11.7. The molecular weight excluding hydrogens is 380 g/mol. The molecule has 1 N–H and O–H groups in total. The molecule has 0 fully saturated rings. The highest BCUT2D eigenvalue weighted by Gasteiger charge is 2.34. The van der Waals surface area contributed by atoms with Crippen LogP contribution in [0.25, 0.3) is 0 Å². The zero-order valence-electron chi connectivity index (χ0n) is 13.4. The van der Waals surface area contributed by atoms with Gasteiger partial charge < -0.3 is 5.32 Å². The summed E-state index contributed by atoms with van der Waals surface area (Å²) in [6.07, 6.45) is 0. The minimum absolute atomic E-state index is 0.225. The molecule has 0 radical (unpaired) electrons. The topological polar surface area (TPSA) is 55.2 Å². The van der Waals surface area contributed by atoms with E-state index < -0.39 is 12.1 Å². The lowest BCUT2D eigenvalue weighted by atomic mass is 9.93. The number of rotatable bonds is 6. The Hall–Kier alpha value is -2.66. The molecule has 0 aliphatic heterocycles. The lowest BCUT2D eigenvalue weighted by molar-refractivity contribution is -0.532. The van der Waals surface area contributed by atoms with Crippen LogP contribution in [0.1, 0.15) is 23.2 Å². The lowest BCUT2D eigenvalue weighted by Crippen LogP contribution is -2.25. The van der Waals surface area contributed by atoms with Crippen molar-refractivity contribution in [3.05, 3.63) is 111 Å². The van der Waals surface area contributed by atoms with Gasteiger partial charge >= 0.3 is 0 Å². The predicted molar refractivity (Wildman–Crippen MR) is 103 cm³/mol. The van der Waals surface area contributed by atoms with Crippen LogP contribution in [-0.4, -0.2) is 4.92 Å². The van der Waals surface area contributed by atoms with Gasteiger partial charge in [0, 0.05) is 20.6 Å². The van der Waals surface area contributed by atoms with E-state index in [9.17, 15) is 10.1 Å². The first-order valence-electron chi connectivity index (χ1n) is 7.90. The van der Waals surface area contributed by atoms with E-state index in [0.29, 0.717) is 5.56 Å². The molecule has 0 aliphatic carbocycles. The van der Waals surface area contributed by atoms with Gasteiger partial charge in [0.2, 0.25) is 0 Å². The smallest absolute Gasteiger partial charge is 0.261 e. The van der Waals surface area contributed by atoms with Gasteiger partial charge in [0.15, 0.2) is 0 Å². The minimum Gasteiger partial charge on any atom is -0.372 e. The van der Waals surface area contributed by atoms with E-state index >= 15 is 0 Å². The number of hydrogen-bond acceptors (Lipinski definition) is 3. The van der Waals surface area contributed by atoms with Crippen molar-refractivity contribution in [1.82, 2.24) is 0 Å². The van der Waals surface area contributed by atoms with Crippen LogP contribution in [0, 0.1) is 10.1 Å². The van der Waals surface area contributed by atoms with Gasteiger partial charge in [0.05, 0.1) is 0 Å². The highest BCUT2D eigenvalue weighted by atomic mass is 79.9. The summed E-state index contributed by atoms with van der Waals surface area (Å²) in [5.41, 5.74) is 2.38. The van der Waals surface area contributed by atoms with Crippen molar-refractivity contribution in [3.63, 3.8) is 0 Å². The fourth-order valence-electron chi connectivity index (χ4n) is 2.81. The summed E-state index contributed by atoms with van der Waals surface area (Å²) >= 11 is 3.38. The van der Waals surface area contributed by atoms with Crippen molar-refractivity contribution in [2.45, 2.75) is 12.1 Å². The molecule has 0 saturated heterocycles. The molecule has 2 unspecified atom stereocenters. The predicted octanol–water partition coefficient (Wildman–Crippen LogP) is 5.62. The normalized spacial score (nSPS) is 13.0. The van der Waals surface area contributed by atoms with Crippen molar-refractivity contribution in [2.24, 2.45) is 0 Å². The summed E-state index contributed by atoms with van der Waals surface area (Å²) < 4.78 is 0.894. The molecule has 0 bridgehead atoms. The van der Waals surface area contributed by atoms with E-state index in [-0.39, 0.29) is 4.92 Å². The van der Waals surface area contributed by atoms with Gasteiger partial charge in [-0.1, -0.05) is 76.6 Å². The largest absolute Gasteiger partial charge is 0.372 e. The first-order valence-corrected chi connectivity index (χ1v) is 8.70. The standard InChI is InChI=1S/C20H17BrN2O2/c21-17-13-11-16(12-14-17)20(23(24)25)19(15-7-3-1-4-8-15)22-18-9-5-2-6-10-18/h1-14,19-20,22H. The number of anilines is 1. The van der Waals surface area contributed by atoms with Crippen molar-refractivity contribution in [1.29, 1.82) is 0 Å². The van der Waals surface area contributed by atoms with Crippen molar-refractivity contribution < 1.29 is 4.92 Å². The van der Waals surface area contributed by atoms with Crippen LogP contribution in [0.2, 0.25) is 0 Å². The van der Waals surface area contributed by atoms with E-state index in [1.165, 1.54) is 0 Å². The maximum absolute atomic E-state index is 11.9. The van der Waals surface area contributed by atoms with E-state index in [1.807, 2.05) is 72.8 Å². The van der Waals surface area contributed by atoms with Gasteiger partial charge in [0.1, 0.15) is 6.04 Å². The molecule has 3 rings (SSSR count). The molecule has 0 aliphatic rings. The number of halogens is 1. The zero-order valence-corrected chi connectivity index (χ0v) is 15.0. The zero-order chi connectivity index (χ0) is 17.6. The number of hydrogen-bond donors (Lipinski definition) is 1. The first kappa shape index (κ1) is 17.2. The van der Waals surface area contributed by atoms with Crippen LogP contribution >= 0.6 is 15.9 Å². The number of benzene rings is 3. The summed E-state index contributed by atoms with van der Waals surface area (Å²) in [5, 5.41) is 15.3. The number of para-hydroxylation sites is 1. The molecular formula is C20H17BrN2O2. The van der Waals surface area contributed by atoms with Gasteiger partial charge in [-0.2, -0.15) is 0 Å². The van der Waals surface area contributed by atoms with Crippen LogP contribution < -0.4 is 5.32 Å². The van der Waals surface area contributed by atoms with Gasteiger partial charge in [-0.05, 0) is 29.8 Å². The average Bonchev–Trinajstić information content (AvgIpc) is 2.64. The van der Waals surface area contributed by atoms with Gasteiger partial charge in [-0.25, -0.2) is 0 Å². The monoisotopic (exact) mass is 396 g/mol. The van der Waals surface area contributed by atoms with Crippen LogP contribution in [0.15, 0.2) is 89.4 Å². The third-order valence-electron chi connectivity index (χ3n) is 4.01. The minimum atomic E-state index is -0.907. The molecule has 5 heteroatoms. The van der Waals surface area contributed by atoms with Gasteiger partial charge in [0.25, 0.3) is 6.04 Å². The van der Waals surface area contributed by atoms with Crippen molar-refractivity contribution in [3.8, 4) is 0 Å². The summed E-state index contributed by atoms with van der Waals surface area (Å²) in [5.74, 6) is 0. The highest BCUT2D eigenvalue weighted by Crippen LogP contribution is 2.35. The Balaban J connectivity index is 2.04. The second-order valence-corrected chi connectivity index (χ2v) is 6.60. The van der Waals surface area contributed by atoms with Gasteiger partial charge in [-0.3, -0.25) is 10.1 Å². The van der Waals surface area contributed by atoms with E-state index in [4.69, 9.17) is 0 Å². The molecule has 25 heavy (non-hydrogen) atoms. The average molecular weight is 397 g/mol. The maximum Gasteiger partial charge on any atom is 0.261 e. The second-order valence-electron chi connectivity index (χ2n) is 5.68. The quantitative estimate of drug-likeness (QED) is 0.434. The molecule has 0 saturated carbocycles. The lowest BCUT2D eigenvalue weighted by Gasteiger charge is -2.24. The molecule has 3 aromatic carbocycles. The molecule has 126 valence electrons. The maximum atomic E-state index is 11.9. The number of nitrogens with zero attached hydrogens (tertiary/aromatic N) is 1. The van der Waals surface area contributed by atoms with Crippen LogP contribution in [0.5, 0.6) is 0 Å². The SMILES string of the molecule is O=[N+]([O-])C(c1ccc(Br)cc1)C(Nc1ccccc1)c1ccccc1. The van der Waals surface area contributed by atoms with Crippen LogP contribution in [-0.2, 0) is 0 Å². The highest BCUT2D eigenvalue weighted by molar-refractivity contribution is 9.10. The van der Waals surface area contributed by atoms with Crippen molar-refractivity contribution >= 4 is 21.6 Å². The van der Waals surface area contributed by atoms with Crippen LogP contribution in [0.4, 0.5) is 5.69 Å². The molecule has 2 atom stereocenters.